The van der Waals surface area contributed by atoms with Crippen LogP contribution in [0.5, 0.6) is 0 Å². The molecule has 0 aromatic carbocycles. The Labute approximate surface area is 101 Å². The van der Waals surface area contributed by atoms with Gasteiger partial charge in [0.25, 0.3) is 0 Å². The van der Waals surface area contributed by atoms with Gasteiger partial charge < -0.3 is 10.5 Å². The van der Waals surface area contributed by atoms with Crippen molar-refractivity contribution in [3.8, 4) is 0 Å². The Morgan fingerprint density at radius 3 is 2.29 bits per heavy atom. The van der Waals surface area contributed by atoms with Crippen LogP contribution >= 0.6 is 0 Å². The molecule has 1 saturated carbocycles. The lowest BCUT2D eigenvalue weighted by Crippen LogP contribution is -2.44. The van der Waals surface area contributed by atoms with E-state index in [0.717, 1.165) is 32.1 Å². The maximum atomic E-state index is 12.0. The Morgan fingerprint density at radius 1 is 1.29 bits per heavy atom. The van der Waals surface area contributed by atoms with E-state index in [9.17, 15) is 13.2 Å². The molecule has 0 bridgehead atoms. The van der Waals surface area contributed by atoms with Crippen LogP contribution in [0.2, 0.25) is 0 Å². The Morgan fingerprint density at radius 2 is 1.88 bits per heavy atom. The quantitative estimate of drug-likeness (QED) is 0.816. The van der Waals surface area contributed by atoms with Crippen molar-refractivity contribution in [2.45, 2.75) is 57.2 Å². The van der Waals surface area contributed by atoms with Crippen LogP contribution in [0.1, 0.15) is 45.4 Å². The van der Waals surface area contributed by atoms with E-state index in [0.29, 0.717) is 12.5 Å². The average molecular weight is 253 g/mol. The van der Waals surface area contributed by atoms with E-state index < -0.39 is 18.2 Å². The monoisotopic (exact) mass is 253 g/mol. The van der Waals surface area contributed by atoms with E-state index in [-0.39, 0.29) is 6.61 Å². The molecule has 5 heteroatoms. The van der Waals surface area contributed by atoms with Crippen molar-refractivity contribution < 1.29 is 17.9 Å². The molecule has 0 saturated heterocycles. The Balaban J connectivity index is 2.37. The summed E-state index contributed by atoms with van der Waals surface area (Å²) in [6, 6.07) is 0. The van der Waals surface area contributed by atoms with Crippen molar-refractivity contribution >= 4 is 0 Å². The number of halogens is 3. The molecule has 2 N–H and O–H groups in total. The molecule has 0 aromatic rings. The second-order valence-corrected chi connectivity index (χ2v) is 4.95. The third-order valence-electron chi connectivity index (χ3n) is 3.76. The van der Waals surface area contributed by atoms with Crippen LogP contribution in [0, 0.1) is 5.92 Å². The first-order valence-corrected chi connectivity index (χ1v) is 6.31. The van der Waals surface area contributed by atoms with E-state index in [2.05, 4.69) is 6.92 Å². The van der Waals surface area contributed by atoms with Gasteiger partial charge in [0, 0.05) is 6.54 Å². The predicted octanol–water partition coefficient (Wildman–Crippen LogP) is 3.25. The van der Waals surface area contributed by atoms with Crippen LogP contribution < -0.4 is 5.73 Å². The second kappa shape index (κ2) is 6.05. The maximum absolute atomic E-state index is 12.0. The van der Waals surface area contributed by atoms with Gasteiger partial charge in [0.05, 0.1) is 18.6 Å². The van der Waals surface area contributed by atoms with Crippen LogP contribution in [0.4, 0.5) is 13.2 Å². The summed E-state index contributed by atoms with van der Waals surface area (Å²) >= 11 is 0. The van der Waals surface area contributed by atoms with Crippen molar-refractivity contribution in [1.82, 2.24) is 0 Å². The highest BCUT2D eigenvalue weighted by molar-refractivity contribution is 4.88. The third-order valence-corrected chi connectivity index (χ3v) is 3.76. The Bertz CT molecular complexity index is 222. The first-order valence-electron chi connectivity index (χ1n) is 6.31. The first-order chi connectivity index (χ1) is 7.91. The van der Waals surface area contributed by atoms with Gasteiger partial charge >= 0.3 is 6.18 Å². The summed E-state index contributed by atoms with van der Waals surface area (Å²) in [5.41, 5.74) is 5.17. The molecule has 0 aliphatic heterocycles. The van der Waals surface area contributed by atoms with E-state index >= 15 is 0 Å². The zero-order valence-electron chi connectivity index (χ0n) is 10.4. The summed E-state index contributed by atoms with van der Waals surface area (Å²) in [4.78, 5) is 0. The van der Waals surface area contributed by atoms with Gasteiger partial charge in [0.1, 0.15) is 0 Å². The fourth-order valence-electron chi connectivity index (χ4n) is 2.40. The number of nitrogens with two attached hydrogens (primary N) is 1. The van der Waals surface area contributed by atoms with E-state index in [4.69, 9.17) is 10.5 Å². The van der Waals surface area contributed by atoms with E-state index in [1.54, 1.807) is 0 Å². The minimum absolute atomic E-state index is 0.266. The molecule has 17 heavy (non-hydrogen) atoms. The second-order valence-electron chi connectivity index (χ2n) is 4.95. The molecule has 1 aliphatic rings. The average Bonchev–Trinajstić information content (AvgIpc) is 2.28. The highest BCUT2D eigenvalue weighted by Gasteiger charge is 2.36. The van der Waals surface area contributed by atoms with Crippen LogP contribution in [-0.2, 0) is 4.74 Å². The minimum Gasteiger partial charge on any atom is -0.373 e. The van der Waals surface area contributed by atoms with Crippen molar-refractivity contribution in [1.29, 1.82) is 0 Å². The molecule has 1 aliphatic carbocycles. The van der Waals surface area contributed by atoms with Gasteiger partial charge in [-0.05, 0) is 31.6 Å². The molecule has 0 unspecified atom stereocenters. The molecule has 0 atom stereocenters. The molecule has 0 spiro atoms. The van der Waals surface area contributed by atoms with Gasteiger partial charge in [0.2, 0.25) is 0 Å². The molecule has 1 fully saturated rings. The van der Waals surface area contributed by atoms with Crippen molar-refractivity contribution in [2.24, 2.45) is 11.7 Å². The number of hydrogen-bond acceptors (Lipinski definition) is 2. The van der Waals surface area contributed by atoms with Crippen molar-refractivity contribution in [3.05, 3.63) is 0 Å². The Hall–Kier alpha value is -0.290. The number of rotatable bonds is 5. The highest BCUT2D eigenvalue weighted by Crippen LogP contribution is 2.36. The molecule has 0 amide bonds. The van der Waals surface area contributed by atoms with E-state index in [1.165, 1.54) is 0 Å². The van der Waals surface area contributed by atoms with Crippen molar-refractivity contribution in [2.75, 3.05) is 13.2 Å². The third kappa shape index (κ3) is 4.84. The van der Waals surface area contributed by atoms with E-state index in [1.807, 2.05) is 0 Å². The standard InChI is InChI=1S/C12H22F3NO/c1-2-10-3-5-11(9-16,6-4-10)17-8-7-12(13,14)15/h10H,2-9,16H2,1H3. The number of ether oxygens (including phenoxy) is 1. The van der Waals surface area contributed by atoms with Gasteiger partial charge in [-0.25, -0.2) is 0 Å². The van der Waals surface area contributed by atoms with Crippen LogP contribution in [0.3, 0.4) is 0 Å². The fraction of sp³-hybridized carbons (Fsp3) is 1.00. The molecule has 102 valence electrons. The molecule has 2 nitrogen and oxygen atoms in total. The summed E-state index contributed by atoms with van der Waals surface area (Å²) in [5.74, 6) is 0.681. The summed E-state index contributed by atoms with van der Waals surface area (Å²) in [5, 5.41) is 0. The fourth-order valence-corrected chi connectivity index (χ4v) is 2.40. The largest absolute Gasteiger partial charge is 0.391 e. The van der Waals surface area contributed by atoms with Gasteiger partial charge in [-0.15, -0.1) is 0 Å². The molecule has 0 radical (unpaired) electrons. The molecule has 1 rings (SSSR count). The molecular formula is C12H22F3NO. The lowest BCUT2D eigenvalue weighted by atomic mass is 9.77. The number of hydrogen-bond donors (Lipinski definition) is 1. The zero-order chi connectivity index (χ0) is 12.9. The van der Waals surface area contributed by atoms with Gasteiger partial charge in [0.15, 0.2) is 0 Å². The minimum atomic E-state index is -4.14. The molecule has 0 heterocycles. The normalized spacial score (nSPS) is 30.5. The first kappa shape index (κ1) is 14.8. The van der Waals surface area contributed by atoms with Crippen molar-refractivity contribution in [3.63, 3.8) is 0 Å². The van der Waals surface area contributed by atoms with Gasteiger partial charge in [-0.3, -0.25) is 0 Å². The zero-order valence-corrected chi connectivity index (χ0v) is 10.4. The SMILES string of the molecule is CCC1CCC(CN)(OCCC(F)(F)F)CC1. The van der Waals surface area contributed by atoms with Gasteiger partial charge in [-0.1, -0.05) is 13.3 Å². The van der Waals surface area contributed by atoms with Crippen LogP contribution in [-0.4, -0.2) is 24.9 Å². The van der Waals surface area contributed by atoms with Crippen LogP contribution in [0.15, 0.2) is 0 Å². The summed E-state index contributed by atoms with van der Waals surface area (Å²) in [6.07, 6.45) is -0.287. The maximum Gasteiger partial charge on any atom is 0.391 e. The van der Waals surface area contributed by atoms with Gasteiger partial charge in [-0.2, -0.15) is 13.2 Å². The summed E-state index contributed by atoms with van der Waals surface area (Å²) in [7, 11) is 0. The molecular weight excluding hydrogens is 231 g/mol. The summed E-state index contributed by atoms with van der Waals surface area (Å²) < 4.78 is 41.6. The highest BCUT2D eigenvalue weighted by atomic mass is 19.4. The lowest BCUT2D eigenvalue weighted by molar-refractivity contribution is -0.162. The smallest absolute Gasteiger partial charge is 0.373 e. The lowest BCUT2D eigenvalue weighted by Gasteiger charge is -2.39. The molecule has 0 aromatic heterocycles. The predicted molar refractivity (Wildman–Crippen MR) is 60.7 cm³/mol. The Kier molecular flexibility index (Phi) is 5.25. The van der Waals surface area contributed by atoms with Crippen LogP contribution in [0.25, 0.3) is 0 Å². The summed E-state index contributed by atoms with van der Waals surface area (Å²) in [6.45, 7) is 2.20. The topological polar surface area (TPSA) is 35.2 Å². The number of alkyl halides is 3.